The minimum Gasteiger partial charge on any atom is -0.506 e. The van der Waals surface area contributed by atoms with Gasteiger partial charge in [0.2, 0.25) is 0 Å². The highest BCUT2D eigenvalue weighted by molar-refractivity contribution is 7.19. The topological polar surface area (TPSA) is 70.6 Å². The van der Waals surface area contributed by atoms with Crippen molar-refractivity contribution < 1.29 is 14.7 Å². The van der Waals surface area contributed by atoms with Gasteiger partial charge in [-0.15, -0.1) is 11.3 Å². The predicted octanol–water partition coefficient (Wildman–Crippen LogP) is 1.00. The second-order valence-corrected chi connectivity index (χ2v) is 5.99. The summed E-state index contributed by atoms with van der Waals surface area (Å²) in [6.07, 6.45) is 0. The number of nitriles is 1. The minimum atomic E-state index is 0.119. The Balaban J connectivity index is 1.88. The smallest absolute Gasteiger partial charge is 0.168 e. The number of rotatable bonds is 3. The van der Waals surface area contributed by atoms with Gasteiger partial charge in [0.05, 0.1) is 23.4 Å². The summed E-state index contributed by atoms with van der Waals surface area (Å²) in [6.45, 7) is 3.55. The molecule has 21 heavy (non-hydrogen) atoms. The van der Waals surface area contributed by atoms with Gasteiger partial charge in [0, 0.05) is 0 Å². The molecule has 108 valence electrons. The number of fused-ring (bicyclic) bond motifs is 1. The molecular formula is C15H16N3O2S+. The molecule has 1 aliphatic rings. The highest BCUT2D eigenvalue weighted by Gasteiger charge is 2.20. The SMILES string of the molecule is N#C/C(=C(/O)C[NH+]1CCOCC1)c1nc2ccccc2s1. The first-order valence-corrected chi connectivity index (χ1v) is 7.69. The van der Waals surface area contributed by atoms with E-state index in [1.807, 2.05) is 24.3 Å². The summed E-state index contributed by atoms with van der Waals surface area (Å²) in [6, 6.07) is 9.84. The highest BCUT2D eigenvalue weighted by atomic mass is 32.1. The summed E-state index contributed by atoms with van der Waals surface area (Å²) in [5.41, 5.74) is 1.15. The van der Waals surface area contributed by atoms with Gasteiger partial charge in [0.1, 0.15) is 36.3 Å². The molecule has 0 radical (unpaired) electrons. The van der Waals surface area contributed by atoms with Gasteiger partial charge < -0.3 is 14.7 Å². The Morgan fingerprint density at radius 3 is 2.86 bits per heavy atom. The Hall–Kier alpha value is -1.94. The summed E-state index contributed by atoms with van der Waals surface area (Å²) in [5, 5.41) is 20.3. The number of benzene rings is 1. The van der Waals surface area contributed by atoms with Crippen LogP contribution in [0.4, 0.5) is 0 Å². The van der Waals surface area contributed by atoms with Crippen molar-refractivity contribution in [1.29, 1.82) is 5.26 Å². The number of allylic oxidation sites excluding steroid dienone is 1. The summed E-state index contributed by atoms with van der Waals surface area (Å²) < 4.78 is 6.32. The van der Waals surface area contributed by atoms with Crippen LogP contribution in [0.3, 0.4) is 0 Å². The summed E-state index contributed by atoms with van der Waals surface area (Å²) in [4.78, 5) is 5.67. The Morgan fingerprint density at radius 1 is 1.38 bits per heavy atom. The van der Waals surface area contributed by atoms with Crippen molar-refractivity contribution in [1.82, 2.24) is 4.98 Å². The third kappa shape index (κ3) is 3.05. The van der Waals surface area contributed by atoms with Crippen LogP contribution in [0, 0.1) is 11.3 Å². The van der Waals surface area contributed by atoms with Gasteiger partial charge in [-0.3, -0.25) is 0 Å². The van der Waals surface area contributed by atoms with Gasteiger partial charge in [-0.25, -0.2) is 4.98 Å². The zero-order valence-electron chi connectivity index (χ0n) is 11.5. The van der Waals surface area contributed by atoms with E-state index in [9.17, 15) is 10.4 Å². The Morgan fingerprint density at radius 2 is 2.14 bits per heavy atom. The lowest BCUT2D eigenvalue weighted by atomic mass is 10.2. The number of nitrogens with one attached hydrogen (secondary N) is 1. The molecule has 2 aromatic rings. The highest BCUT2D eigenvalue weighted by Crippen LogP contribution is 2.27. The third-order valence-corrected chi connectivity index (χ3v) is 4.58. The second-order valence-electron chi connectivity index (χ2n) is 4.96. The number of hydrogen-bond acceptors (Lipinski definition) is 5. The van der Waals surface area contributed by atoms with E-state index >= 15 is 0 Å². The van der Waals surface area contributed by atoms with E-state index in [0.29, 0.717) is 24.8 Å². The summed E-state index contributed by atoms with van der Waals surface area (Å²) in [5.74, 6) is 0.119. The van der Waals surface area contributed by atoms with Crippen LogP contribution in [0.25, 0.3) is 15.8 Å². The molecule has 0 aliphatic carbocycles. The van der Waals surface area contributed by atoms with E-state index in [4.69, 9.17) is 4.74 Å². The molecule has 1 aromatic heterocycles. The van der Waals surface area contributed by atoms with E-state index in [0.717, 1.165) is 23.3 Å². The largest absolute Gasteiger partial charge is 0.506 e. The molecular weight excluding hydrogens is 286 g/mol. The van der Waals surface area contributed by atoms with E-state index < -0.39 is 0 Å². The molecule has 2 N–H and O–H groups in total. The number of aliphatic hydroxyl groups excluding tert-OH is 1. The standard InChI is InChI=1S/C15H15N3O2S/c16-9-11(13(19)10-18-5-7-20-8-6-18)15-17-12-3-1-2-4-14(12)21-15/h1-4,19H,5-8,10H2/p+1/b13-11-. The van der Waals surface area contributed by atoms with Crippen LogP contribution in [0.1, 0.15) is 5.01 Å². The Kier molecular flexibility index (Phi) is 4.15. The monoisotopic (exact) mass is 302 g/mol. The number of hydrogen-bond donors (Lipinski definition) is 2. The van der Waals surface area contributed by atoms with Crippen molar-refractivity contribution >= 4 is 27.1 Å². The van der Waals surface area contributed by atoms with Gasteiger partial charge in [-0.05, 0) is 12.1 Å². The van der Waals surface area contributed by atoms with E-state index in [1.54, 1.807) is 0 Å². The number of nitrogens with zero attached hydrogens (tertiary/aromatic N) is 2. The Bertz CT molecular complexity index is 678. The number of aromatic nitrogens is 1. The third-order valence-electron chi connectivity index (χ3n) is 3.53. The number of ether oxygens (including phenoxy) is 1. The quantitative estimate of drug-likeness (QED) is 0.655. The van der Waals surface area contributed by atoms with Crippen LogP contribution in [0.5, 0.6) is 0 Å². The normalized spacial score (nSPS) is 17.5. The molecule has 0 spiro atoms. The first kappa shape index (κ1) is 14.0. The zero-order chi connectivity index (χ0) is 14.7. The lowest BCUT2D eigenvalue weighted by molar-refractivity contribution is -0.904. The average Bonchev–Trinajstić information content (AvgIpc) is 2.92. The molecule has 1 aromatic carbocycles. The molecule has 0 unspecified atom stereocenters. The van der Waals surface area contributed by atoms with Gasteiger partial charge in [-0.2, -0.15) is 5.26 Å². The van der Waals surface area contributed by atoms with Crippen LogP contribution in [-0.4, -0.2) is 42.9 Å². The molecule has 0 amide bonds. The summed E-state index contributed by atoms with van der Waals surface area (Å²) >= 11 is 1.43. The van der Waals surface area contributed by atoms with Gasteiger partial charge >= 0.3 is 0 Å². The zero-order valence-corrected chi connectivity index (χ0v) is 12.3. The molecule has 1 saturated heterocycles. The van der Waals surface area contributed by atoms with Crippen molar-refractivity contribution in [3.8, 4) is 6.07 Å². The number of quaternary nitrogens is 1. The van der Waals surface area contributed by atoms with Crippen LogP contribution < -0.4 is 4.90 Å². The molecule has 3 rings (SSSR count). The first-order valence-electron chi connectivity index (χ1n) is 6.87. The van der Waals surface area contributed by atoms with Crippen molar-refractivity contribution in [2.75, 3.05) is 32.8 Å². The van der Waals surface area contributed by atoms with Crippen LogP contribution in [0.15, 0.2) is 30.0 Å². The van der Waals surface area contributed by atoms with Gasteiger partial charge in [0.15, 0.2) is 5.76 Å². The fourth-order valence-corrected chi connectivity index (χ4v) is 3.36. The molecule has 0 bridgehead atoms. The molecule has 1 aliphatic heterocycles. The van der Waals surface area contributed by atoms with Crippen LogP contribution in [-0.2, 0) is 4.74 Å². The van der Waals surface area contributed by atoms with Crippen molar-refractivity contribution in [2.24, 2.45) is 0 Å². The first-order chi connectivity index (χ1) is 10.3. The van der Waals surface area contributed by atoms with Crippen molar-refractivity contribution in [3.05, 3.63) is 35.0 Å². The lowest BCUT2D eigenvalue weighted by Gasteiger charge is -2.23. The minimum absolute atomic E-state index is 0.119. The molecule has 5 nitrogen and oxygen atoms in total. The second kappa shape index (κ2) is 6.22. The number of aliphatic hydroxyl groups is 1. The molecule has 6 heteroatoms. The maximum absolute atomic E-state index is 10.3. The fraction of sp³-hybridized carbons (Fsp3) is 0.333. The molecule has 0 atom stereocenters. The Labute approximate surface area is 126 Å². The van der Waals surface area contributed by atoms with Crippen molar-refractivity contribution in [3.63, 3.8) is 0 Å². The predicted molar refractivity (Wildman–Crippen MR) is 81.2 cm³/mol. The molecule has 2 heterocycles. The molecule has 0 saturated carbocycles. The number of morpholine rings is 1. The number of thiazole rings is 1. The number of para-hydroxylation sites is 1. The average molecular weight is 302 g/mol. The fourth-order valence-electron chi connectivity index (χ4n) is 2.38. The van der Waals surface area contributed by atoms with E-state index in [1.165, 1.54) is 16.2 Å². The summed E-state index contributed by atoms with van der Waals surface area (Å²) in [7, 11) is 0. The van der Waals surface area contributed by atoms with E-state index in [2.05, 4.69) is 11.1 Å². The van der Waals surface area contributed by atoms with E-state index in [-0.39, 0.29) is 11.3 Å². The van der Waals surface area contributed by atoms with Gasteiger partial charge in [0.25, 0.3) is 0 Å². The van der Waals surface area contributed by atoms with Gasteiger partial charge in [-0.1, -0.05) is 12.1 Å². The van der Waals surface area contributed by atoms with Crippen LogP contribution >= 0.6 is 11.3 Å². The molecule has 1 fully saturated rings. The van der Waals surface area contributed by atoms with Crippen molar-refractivity contribution in [2.45, 2.75) is 0 Å². The maximum Gasteiger partial charge on any atom is 0.168 e. The maximum atomic E-state index is 10.3. The lowest BCUT2D eigenvalue weighted by Crippen LogP contribution is -3.14. The van der Waals surface area contributed by atoms with Crippen LogP contribution in [0.2, 0.25) is 0 Å².